The predicted molar refractivity (Wildman–Crippen MR) is 93.7 cm³/mol. The van der Waals surface area contributed by atoms with E-state index < -0.39 is 24.3 Å². The summed E-state index contributed by atoms with van der Waals surface area (Å²) in [5.41, 5.74) is 0.0904. The zero-order chi connectivity index (χ0) is 19.3. The lowest BCUT2D eigenvalue weighted by Gasteiger charge is -2.20. The second kappa shape index (κ2) is 8.35. The van der Waals surface area contributed by atoms with Gasteiger partial charge in [0.15, 0.2) is 17.3 Å². The van der Waals surface area contributed by atoms with Gasteiger partial charge in [-0.3, -0.25) is 4.79 Å². The maximum atomic E-state index is 13.1. The second-order valence-electron chi connectivity index (χ2n) is 5.38. The molecule has 2 rings (SSSR count). The standard InChI is InChI=1S/C19H20O7/c1-24-14-9-12(19(22)23)15(18(26-3)17(14)25-2)16(21)13(10-20)11-7-5-4-6-8-11/h4-9,13,20H,10H2,1-3H3,(H,22,23). The molecule has 2 N–H and O–H groups in total. The van der Waals surface area contributed by atoms with Gasteiger partial charge in [0.05, 0.1) is 45.0 Å². The van der Waals surface area contributed by atoms with Crippen LogP contribution in [0, 0.1) is 0 Å². The van der Waals surface area contributed by atoms with Crippen molar-refractivity contribution < 1.29 is 34.0 Å². The first-order valence-electron chi connectivity index (χ1n) is 7.76. The number of hydrogen-bond acceptors (Lipinski definition) is 6. The third kappa shape index (κ3) is 3.48. The van der Waals surface area contributed by atoms with Crippen LogP contribution in [0.1, 0.15) is 32.2 Å². The number of aliphatic hydroxyl groups excluding tert-OH is 1. The molecule has 0 aliphatic heterocycles. The van der Waals surface area contributed by atoms with Crippen molar-refractivity contribution in [3.05, 3.63) is 53.1 Å². The summed E-state index contributed by atoms with van der Waals surface area (Å²) in [6.07, 6.45) is 0. The summed E-state index contributed by atoms with van der Waals surface area (Å²) in [7, 11) is 4.01. The molecule has 0 bridgehead atoms. The van der Waals surface area contributed by atoms with Crippen molar-refractivity contribution in [3.8, 4) is 17.2 Å². The van der Waals surface area contributed by atoms with E-state index in [2.05, 4.69) is 0 Å². The normalized spacial score (nSPS) is 11.5. The van der Waals surface area contributed by atoms with Gasteiger partial charge in [0.1, 0.15) is 0 Å². The van der Waals surface area contributed by atoms with Crippen molar-refractivity contribution in [2.75, 3.05) is 27.9 Å². The van der Waals surface area contributed by atoms with Gasteiger partial charge >= 0.3 is 5.97 Å². The number of rotatable bonds is 8. The van der Waals surface area contributed by atoms with Crippen molar-refractivity contribution in [1.82, 2.24) is 0 Å². The van der Waals surface area contributed by atoms with Gasteiger partial charge in [0, 0.05) is 0 Å². The van der Waals surface area contributed by atoms with E-state index >= 15 is 0 Å². The van der Waals surface area contributed by atoms with Crippen molar-refractivity contribution in [3.63, 3.8) is 0 Å². The highest BCUT2D eigenvalue weighted by molar-refractivity contribution is 6.11. The number of carboxylic acids is 1. The molecule has 0 aliphatic rings. The number of methoxy groups -OCH3 is 3. The van der Waals surface area contributed by atoms with Gasteiger partial charge in [-0.15, -0.1) is 0 Å². The average Bonchev–Trinajstić information content (AvgIpc) is 2.67. The molecule has 1 atom stereocenters. The van der Waals surface area contributed by atoms with Crippen molar-refractivity contribution >= 4 is 11.8 Å². The maximum absolute atomic E-state index is 13.1. The molecule has 7 heteroatoms. The lowest BCUT2D eigenvalue weighted by Crippen LogP contribution is -2.21. The lowest BCUT2D eigenvalue weighted by atomic mass is 9.88. The molecule has 0 saturated carbocycles. The Kier molecular flexibility index (Phi) is 6.19. The zero-order valence-corrected chi connectivity index (χ0v) is 14.7. The topological polar surface area (TPSA) is 102 Å². The third-order valence-electron chi connectivity index (χ3n) is 4.01. The smallest absolute Gasteiger partial charge is 0.336 e. The van der Waals surface area contributed by atoms with Crippen LogP contribution in [0.5, 0.6) is 17.2 Å². The monoisotopic (exact) mass is 360 g/mol. The molecule has 0 heterocycles. The minimum absolute atomic E-state index is 0.0522. The molecule has 0 amide bonds. The van der Waals surface area contributed by atoms with Crippen molar-refractivity contribution in [1.29, 1.82) is 0 Å². The van der Waals surface area contributed by atoms with E-state index in [0.717, 1.165) is 0 Å². The molecule has 7 nitrogen and oxygen atoms in total. The number of ketones is 1. The Morgan fingerprint density at radius 2 is 1.62 bits per heavy atom. The molecule has 0 radical (unpaired) electrons. The highest BCUT2D eigenvalue weighted by Crippen LogP contribution is 2.43. The van der Waals surface area contributed by atoms with Crippen molar-refractivity contribution in [2.24, 2.45) is 0 Å². The zero-order valence-electron chi connectivity index (χ0n) is 14.7. The lowest BCUT2D eigenvalue weighted by molar-refractivity contribution is 0.0688. The van der Waals surface area contributed by atoms with Gasteiger partial charge in [-0.25, -0.2) is 4.79 Å². The Hall–Kier alpha value is -3.06. The minimum Gasteiger partial charge on any atom is -0.493 e. The Balaban J connectivity index is 2.73. The van der Waals surface area contributed by atoms with E-state index in [4.69, 9.17) is 14.2 Å². The van der Waals surface area contributed by atoms with Gasteiger partial charge in [0.25, 0.3) is 0 Å². The first-order valence-corrected chi connectivity index (χ1v) is 7.76. The quantitative estimate of drug-likeness (QED) is 0.697. The number of aliphatic hydroxyl groups is 1. The Bertz CT molecular complexity index is 799. The number of carboxylic acid groups (broad SMARTS) is 1. The van der Waals surface area contributed by atoms with Crippen LogP contribution >= 0.6 is 0 Å². The summed E-state index contributed by atoms with van der Waals surface area (Å²) >= 11 is 0. The van der Waals surface area contributed by atoms with Crippen LogP contribution in [-0.2, 0) is 0 Å². The molecule has 0 fully saturated rings. The largest absolute Gasteiger partial charge is 0.493 e. The van der Waals surface area contributed by atoms with E-state index in [0.29, 0.717) is 5.56 Å². The van der Waals surface area contributed by atoms with Gasteiger partial charge in [-0.1, -0.05) is 30.3 Å². The second-order valence-corrected chi connectivity index (χ2v) is 5.38. The van der Waals surface area contributed by atoms with E-state index in [9.17, 15) is 19.8 Å². The Labute approximate surface area is 150 Å². The van der Waals surface area contributed by atoms with Crippen LogP contribution in [0.2, 0.25) is 0 Å². The number of ether oxygens (including phenoxy) is 3. The third-order valence-corrected chi connectivity index (χ3v) is 4.01. The molecule has 0 spiro atoms. The molecule has 0 aliphatic carbocycles. The fraction of sp³-hybridized carbons (Fsp3) is 0.263. The summed E-state index contributed by atoms with van der Waals surface area (Å²) in [5.74, 6) is -2.68. The Morgan fingerprint density at radius 1 is 1.00 bits per heavy atom. The number of carbonyl (C=O) groups excluding carboxylic acids is 1. The first-order chi connectivity index (χ1) is 12.5. The number of Topliss-reactive ketones (excluding diaryl/α,β-unsaturated/α-hetero) is 1. The SMILES string of the molecule is COc1cc(C(=O)O)c(C(=O)C(CO)c2ccccc2)c(OC)c1OC. The van der Waals surface area contributed by atoms with Crippen LogP contribution in [0.25, 0.3) is 0 Å². The number of hydrogen-bond donors (Lipinski definition) is 2. The highest BCUT2D eigenvalue weighted by Gasteiger charge is 2.32. The molecular weight excluding hydrogens is 340 g/mol. The maximum Gasteiger partial charge on any atom is 0.336 e. The number of aromatic carboxylic acids is 1. The van der Waals surface area contributed by atoms with E-state index in [1.807, 2.05) is 0 Å². The molecule has 0 aromatic heterocycles. The molecular formula is C19H20O7. The van der Waals surface area contributed by atoms with Gasteiger partial charge in [0.2, 0.25) is 5.75 Å². The number of carbonyl (C=O) groups is 2. The van der Waals surface area contributed by atoms with E-state index in [1.54, 1.807) is 30.3 Å². The van der Waals surface area contributed by atoms with Crippen LogP contribution in [0.15, 0.2) is 36.4 Å². The molecule has 2 aromatic rings. The summed E-state index contributed by atoms with van der Waals surface area (Å²) in [4.78, 5) is 24.9. The summed E-state index contributed by atoms with van der Waals surface area (Å²) in [5, 5.41) is 19.3. The highest BCUT2D eigenvalue weighted by atomic mass is 16.5. The van der Waals surface area contributed by atoms with Crippen LogP contribution in [0.3, 0.4) is 0 Å². The molecule has 2 aromatic carbocycles. The van der Waals surface area contributed by atoms with E-state index in [1.165, 1.54) is 27.4 Å². The van der Waals surface area contributed by atoms with Crippen LogP contribution in [0.4, 0.5) is 0 Å². The van der Waals surface area contributed by atoms with Crippen LogP contribution in [-0.4, -0.2) is 49.9 Å². The first kappa shape index (κ1) is 19.3. The van der Waals surface area contributed by atoms with Crippen LogP contribution < -0.4 is 14.2 Å². The van der Waals surface area contributed by atoms with E-state index in [-0.39, 0.29) is 28.4 Å². The summed E-state index contributed by atoms with van der Waals surface area (Å²) < 4.78 is 15.7. The van der Waals surface area contributed by atoms with Crippen molar-refractivity contribution in [2.45, 2.75) is 5.92 Å². The molecule has 26 heavy (non-hydrogen) atoms. The summed E-state index contributed by atoms with van der Waals surface area (Å²) in [6.45, 7) is -0.487. The molecule has 138 valence electrons. The molecule has 0 saturated heterocycles. The fourth-order valence-corrected chi connectivity index (χ4v) is 2.77. The number of benzene rings is 2. The van der Waals surface area contributed by atoms with Gasteiger partial charge in [-0.2, -0.15) is 0 Å². The average molecular weight is 360 g/mol. The fourth-order valence-electron chi connectivity index (χ4n) is 2.77. The molecule has 1 unspecified atom stereocenters. The Morgan fingerprint density at radius 3 is 2.08 bits per heavy atom. The minimum atomic E-state index is -1.32. The van der Waals surface area contributed by atoms with Gasteiger partial charge in [-0.05, 0) is 11.6 Å². The predicted octanol–water partition coefficient (Wildman–Crippen LogP) is 2.37. The van der Waals surface area contributed by atoms with Gasteiger partial charge < -0.3 is 24.4 Å². The summed E-state index contributed by atoms with van der Waals surface area (Å²) in [6, 6.07) is 9.82.